The van der Waals surface area contributed by atoms with E-state index in [9.17, 15) is 39.9 Å². The highest BCUT2D eigenvalue weighted by atomic mass is 35.5. The number of carboxylic acids is 1. The number of alkyl halides is 8. The van der Waals surface area contributed by atoms with Gasteiger partial charge in [-0.2, -0.15) is 40.2 Å². The Labute approximate surface area is 181 Å². The van der Waals surface area contributed by atoms with Crippen LogP contribution < -0.4 is 0 Å². The van der Waals surface area contributed by atoms with E-state index in [0.29, 0.717) is 11.3 Å². The molecule has 2 heterocycles. The SMILES string of the molecule is Cn1nc(C(F)(F)C(F)(F)F)c(C(F)(F)F)c1-c1csc(-c2ccc(Cl)c(C(=O)O)c2)n1. The standard InChI is InChI=1S/C17H8ClF8N3O2S/c1-29-11(10(16(21,22)23)12(28-29)15(19,20)17(24,25)26)9-5-32-13(27-9)6-2-3-8(18)7(4-6)14(30)31/h2-5H,1H3,(H,30,31). The van der Waals surface area contributed by atoms with Crippen molar-refractivity contribution in [2.75, 3.05) is 0 Å². The van der Waals surface area contributed by atoms with E-state index < -0.39 is 46.9 Å². The molecule has 0 aliphatic carbocycles. The molecule has 2 aromatic heterocycles. The summed E-state index contributed by atoms with van der Waals surface area (Å²) in [6.45, 7) is 0. The fourth-order valence-electron chi connectivity index (χ4n) is 2.78. The van der Waals surface area contributed by atoms with Crippen molar-refractivity contribution in [2.24, 2.45) is 7.05 Å². The summed E-state index contributed by atoms with van der Waals surface area (Å²) in [5, 5.41) is 12.8. The third kappa shape index (κ3) is 4.03. The van der Waals surface area contributed by atoms with Gasteiger partial charge in [0.1, 0.15) is 16.3 Å². The zero-order valence-corrected chi connectivity index (χ0v) is 16.9. The molecule has 0 amide bonds. The van der Waals surface area contributed by atoms with Gasteiger partial charge in [-0.3, -0.25) is 4.68 Å². The lowest BCUT2D eigenvalue weighted by atomic mass is 10.1. The number of benzene rings is 1. The molecule has 0 aliphatic heterocycles. The average molecular weight is 506 g/mol. The maximum Gasteiger partial charge on any atom is 0.459 e. The predicted molar refractivity (Wildman–Crippen MR) is 96.7 cm³/mol. The summed E-state index contributed by atoms with van der Waals surface area (Å²) in [4.78, 5) is 15.1. The molecule has 0 saturated heterocycles. The smallest absolute Gasteiger partial charge is 0.459 e. The number of nitrogens with zero attached hydrogens (tertiary/aromatic N) is 3. The van der Waals surface area contributed by atoms with Crippen molar-refractivity contribution >= 4 is 28.9 Å². The van der Waals surface area contributed by atoms with Crippen molar-refractivity contribution in [1.29, 1.82) is 0 Å². The number of halogens is 9. The van der Waals surface area contributed by atoms with Crippen molar-refractivity contribution in [1.82, 2.24) is 14.8 Å². The van der Waals surface area contributed by atoms with E-state index in [0.717, 1.165) is 18.5 Å². The van der Waals surface area contributed by atoms with Crippen molar-refractivity contribution in [2.45, 2.75) is 18.3 Å². The zero-order valence-electron chi connectivity index (χ0n) is 15.3. The number of hydrogen-bond acceptors (Lipinski definition) is 4. The van der Waals surface area contributed by atoms with Gasteiger partial charge in [-0.15, -0.1) is 11.3 Å². The van der Waals surface area contributed by atoms with Crippen LogP contribution in [0.25, 0.3) is 22.0 Å². The van der Waals surface area contributed by atoms with E-state index in [1.807, 2.05) is 0 Å². The number of hydrogen-bond donors (Lipinski definition) is 1. The minimum atomic E-state index is -6.32. The summed E-state index contributed by atoms with van der Waals surface area (Å²) in [7, 11) is 0.768. The molecule has 0 atom stereocenters. The maximum atomic E-state index is 13.8. The molecule has 0 fully saturated rings. The molecule has 0 unspecified atom stereocenters. The largest absolute Gasteiger partial charge is 0.478 e. The van der Waals surface area contributed by atoms with Crippen LogP contribution >= 0.6 is 22.9 Å². The van der Waals surface area contributed by atoms with Crippen LogP contribution in [0, 0.1) is 0 Å². The Morgan fingerprint density at radius 3 is 2.28 bits per heavy atom. The first kappa shape index (κ1) is 23.9. The molecule has 32 heavy (non-hydrogen) atoms. The Balaban J connectivity index is 2.20. The van der Waals surface area contributed by atoms with Crippen molar-refractivity contribution < 1.29 is 45.0 Å². The minimum absolute atomic E-state index is 0.0300. The van der Waals surface area contributed by atoms with Gasteiger partial charge in [-0.1, -0.05) is 17.7 Å². The van der Waals surface area contributed by atoms with Crippen LogP contribution in [-0.4, -0.2) is 32.0 Å². The molecule has 15 heteroatoms. The molecule has 0 saturated carbocycles. The van der Waals surface area contributed by atoms with E-state index in [1.54, 1.807) is 0 Å². The van der Waals surface area contributed by atoms with Gasteiger partial charge in [0.05, 0.1) is 16.3 Å². The number of carboxylic acid groups (broad SMARTS) is 1. The lowest BCUT2D eigenvalue weighted by Crippen LogP contribution is -2.36. The Hall–Kier alpha value is -2.74. The molecule has 1 aromatic carbocycles. The first-order chi connectivity index (χ1) is 14.6. The van der Waals surface area contributed by atoms with Gasteiger partial charge < -0.3 is 5.11 Å². The second-order valence-corrected chi connectivity index (χ2v) is 7.57. The second-order valence-electron chi connectivity index (χ2n) is 6.30. The van der Waals surface area contributed by atoms with Crippen LogP contribution in [0.3, 0.4) is 0 Å². The van der Waals surface area contributed by atoms with Crippen LogP contribution in [0.2, 0.25) is 5.02 Å². The quantitative estimate of drug-likeness (QED) is 0.427. The van der Waals surface area contributed by atoms with E-state index in [1.165, 1.54) is 12.1 Å². The summed E-state index contributed by atoms with van der Waals surface area (Å²) >= 11 is 6.47. The van der Waals surface area contributed by atoms with Crippen molar-refractivity contribution in [3.8, 4) is 22.0 Å². The van der Waals surface area contributed by atoms with E-state index in [2.05, 4.69) is 10.1 Å². The van der Waals surface area contributed by atoms with Gasteiger partial charge in [-0.25, -0.2) is 9.78 Å². The lowest BCUT2D eigenvalue weighted by molar-refractivity contribution is -0.292. The summed E-state index contributed by atoms with van der Waals surface area (Å²) in [5.41, 5.74) is -6.66. The van der Waals surface area contributed by atoms with Crippen LogP contribution in [0.5, 0.6) is 0 Å². The average Bonchev–Trinajstić information content (AvgIpc) is 3.25. The van der Waals surface area contributed by atoms with Gasteiger partial charge in [0.2, 0.25) is 0 Å². The third-order valence-electron chi connectivity index (χ3n) is 4.17. The summed E-state index contributed by atoms with van der Waals surface area (Å²) < 4.78 is 107. The number of rotatable bonds is 4. The highest BCUT2D eigenvalue weighted by molar-refractivity contribution is 7.13. The summed E-state index contributed by atoms with van der Waals surface area (Å²) in [6, 6.07) is 3.60. The fraction of sp³-hybridized carbons (Fsp3) is 0.235. The van der Waals surface area contributed by atoms with Crippen LogP contribution in [0.1, 0.15) is 21.6 Å². The van der Waals surface area contributed by atoms with Gasteiger partial charge in [-0.05, 0) is 12.1 Å². The number of aryl methyl sites for hydroxylation is 1. The number of carbonyl (C=O) groups is 1. The highest BCUT2D eigenvalue weighted by Crippen LogP contribution is 2.50. The Morgan fingerprint density at radius 2 is 1.75 bits per heavy atom. The normalized spacial score (nSPS) is 12.9. The van der Waals surface area contributed by atoms with Crippen LogP contribution in [-0.2, 0) is 19.1 Å². The maximum absolute atomic E-state index is 13.8. The van der Waals surface area contributed by atoms with E-state index in [4.69, 9.17) is 16.7 Å². The summed E-state index contributed by atoms with van der Waals surface area (Å²) in [5.74, 6) is -7.27. The van der Waals surface area contributed by atoms with Gasteiger partial charge >= 0.3 is 24.2 Å². The second kappa shape index (κ2) is 7.69. The van der Waals surface area contributed by atoms with Crippen LogP contribution in [0.15, 0.2) is 23.6 Å². The molecule has 0 radical (unpaired) electrons. The predicted octanol–water partition coefficient (Wildman–Crippen LogP) is 6.24. The van der Waals surface area contributed by atoms with Crippen LogP contribution in [0.4, 0.5) is 35.1 Å². The molecule has 3 rings (SSSR count). The Morgan fingerprint density at radius 1 is 1.12 bits per heavy atom. The molecule has 3 aromatic rings. The fourth-order valence-corrected chi connectivity index (χ4v) is 3.78. The molecular weight excluding hydrogens is 498 g/mol. The summed E-state index contributed by atoms with van der Waals surface area (Å²) in [6.07, 6.45) is -11.9. The molecule has 0 aliphatic rings. The van der Waals surface area contributed by atoms with Gasteiger partial charge in [0, 0.05) is 18.0 Å². The number of aromatic nitrogens is 3. The van der Waals surface area contributed by atoms with E-state index in [-0.39, 0.29) is 25.8 Å². The molecule has 0 spiro atoms. The minimum Gasteiger partial charge on any atom is -0.478 e. The lowest BCUT2D eigenvalue weighted by Gasteiger charge is -2.19. The molecule has 0 bridgehead atoms. The number of aromatic carboxylic acids is 1. The molecule has 1 N–H and O–H groups in total. The Kier molecular flexibility index (Phi) is 5.75. The van der Waals surface area contributed by atoms with Gasteiger partial charge in [0.15, 0.2) is 5.69 Å². The third-order valence-corrected chi connectivity index (χ3v) is 5.40. The molecule has 5 nitrogen and oxygen atoms in total. The molecule has 172 valence electrons. The monoisotopic (exact) mass is 505 g/mol. The van der Waals surface area contributed by atoms with Crippen molar-refractivity contribution in [3.63, 3.8) is 0 Å². The van der Waals surface area contributed by atoms with E-state index >= 15 is 0 Å². The highest BCUT2D eigenvalue weighted by Gasteiger charge is 2.64. The zero-order chi connectivity index (χ0) is 24.2. The molecular formula is C17H8ClF8N3O2S. The first-order valence-electron chi connectivity index (χ1n) is 8.14. The number of thiazole rings is 1. The topological polar surface area (TPSA) is 68.0 Å². The Bertz CT molecular complexity index is 1200. The first-order valence-corrected chi connectivity index (χ1v) is 9.39. The van der Waals surface area contributed by atoms with Gasteiger partial charge in [0.25, 0.3) is 0 Å². The van der Waals surface area contributed by atoms with Crippen molar-refractivity contribution in [3.05, 3.63) is 45.4 Å².